The first-order chi connectivity index (χ1) is 13.4. The van der Waals surface area contributed by atoms with Crippen molar-refractivity contribution < 1.29 is 13.9 Å². The van der Waals surface area contributed by atoms with E-state index in [0.29, 0.717) is 17.0 Å². The van der Waals surface area contributed by atoms with Crippen molar-refractivity contribution >= 4 is 11.6 Å². The number of para-hydroxylation sites is 1. The number of aromatic nitrogens is 2. The molecule has 7 nitrogen and oxygen atoms in total. The molecule has 0 unspecified atom stereocenters. The minimum Gasteiger partial charge on any atom is -0.495 e. The average molecular weight is 378 g/mol. The summed E-state index contributed by atoms with van der Waals surface area (Å²) in [6.07, 6.45) is 0. The van der Waals surface area contributed by atoms with Crippen LogP contribution in [0.3, 0.4) is 0 Å². The zero-order valence-electron chi connectivity index (χ0n) is 15.1. The maximum atomic E-state index is 14.1. The molecular weight excluding hydrogens is 363 g/mol. The summed E-state index contributed by atoms with van der Waals surface area (Å²) in [5, 5.41) is 15.6. The van der Waals surface area contributed by atoms with E-state index in [1.165, 1.54) is 54.3 Å². The van der Waals surface area contributed by atoms with Gasteiger partial charge in [0.2, 0.25) is 5.43 Å². The van der Waals surface area contributed by atoms with Crippen LogP contribution in [0.2, 0.25) is 0 Å². The molecule has 140 valence electrons. The molecule has 3 aromatic rings. The Balaban J connectivity index is 2.04. The van der Waals surface area contributed by atoms with Gasteiger partial charge in [0.25, 0.3) is 5.91 Å². The lowest BCUT2D eigenvalue weighted by Gasteiger charge is -2.13. The molecule has 0 aliphatic rings. The second kappa shape index (κ2) is 7.72. The first kappa shape index (κ1) is 18.8. The molecule has 0 fully saturated rings. The third kappa shape index (κ3) is 3.59. The largest absolute Gasteiger partial charge is 0.495 e. The fourth-order valence-corrected chi connectivity index (χ4v) is 2.63. The van der Waals surface area contributed by atoms with Crippen LogP contribution in [-0.4, -0.2) is 22.8 Å². The zero-order valence-corrected chi connectivity index (χ0v) is 15.1. The number of ether oxygens (including phenoxy) is 1. The van der Waals surface area contributed by atoms with Gasteiger partial charge in [0.15, 0.2) is 5.69 Å². The molecule has 0 saturated heterocycles. The van der Waals surface area contributed by atoms with E-state index < -0.39 is 22.8 Å². The number of benzene rings is 2. The number of aryl methyl sites for hydroxylation is 1. The number of nitriles is 1. The molecule has 0 saturated carbocycles. The highest BCUT2D eigenvalue weighted by Gasteiger charge is 2.18. The molecule has 28 heavy (non-hydrogen) atoms. The SMILES string of the molecule is COc1ccc(C#N)cc1NC(=O)c1nn(-c2ccccc2F)c(C)cc1=O. The van der Waals surface area contributed by atoms with Crippen molar-refractivity contribution in [2.45, 2.75) is 6.92 Å². The van der Waals surface area contributed by atoms with E-state index in [4.69, 9.17) is 10.00 Å². The predicted octanol–water partition coefficient (Wildman–Crippen LogP) is 2.81. The number of amides is 1. The highest BCUT2D eigenvalue weighted by atomic mass is 19.1. The number of carbonyl (C=O) groups excluding carboxylic acids is 1. The Hall–Kier alpha value is -3.99. The Morgan fingerprint density at radius 1 is 1.25 bits per heavy atom. The van der Waals surface area contributed by atoms with Gasteiger partial charge >= 0.3 is 0 Å². The van der Waals surface area contributed by atoms with E-state index in [1.54, 1.807) is 13.0 Å². The second-order valence-electron chi connectivity index (χ2n) is 5.84. The minimum absolute atomic E-state index is 0.109. The third-order valence-corrected chi connectivity index (χ3v) is 3.98. The molecule has 3 rings (SSSR count). The molecule has 0 atom stereocenters. The number of nitrogens with zero attached hydrogens (tertiary/aromatic N) is 3. The number of rotatable bonds is 4. The first-order valence-electron chi connectivity index (χ1n) is 8.20. The molecule has 2 aromatic carbocycles. The molecule has 0 bridgehead atoms. The normalized spacial score (nSPS) is 10.2. The van der Waals surface area contributed by atoms with Gasteiger partial charge in [-0.05, 0) is 37.3 Å². The maximum Gasteiger partial charge on any atom is 0.280 e. The van der Waals surface area contributed by atoms with Crippen molar-refractivity contribution in [3.63, 3.8) is 0 Å². The van der Waals surface area contributed by atoms with Gasteiger partial charge in [0, 0.05) is 11.8 Å². The number of nitrogens with one attached hydrogen (secondary N) is 1. The molecule has 0 radical (unpaired) electrons. The second-order valence-corrected chi connectivity index (χ2v) is 5.84. The molecule has 1 N–H and O–H groups in total. The number of anilines is 1. The number of hydrogen-bond acceptors (Lipinski definition) is 5. The Morgan fingerprint density at radius 2 is 2.00 bits per heavy atom. The van der Waals surface area contributed by atoms with Crippen LogP contribution >= 0.6 is 0 Å². The van der Waals surface area contributed by atoms with Gasteiger partial charge in [-0.25, -0.2) is 9.07 Å². The van der Waals surface area contributed by atoms with Gasteiger partial charge in [-0.15, -0.1) is 0 Å². The number of methoxy groups -OCH3 is 1. The van der Waals surface area contributed by atoms with Crippen LogP contribution in [0, 0.1) is 24.1 Å². The van der Waals surface area contributed by atoms with Crippen molar-refractivity contribution in [2.24, 2.45) is 0 Å². The van der Waals surface area contributed by atoms with E-state index in [0.717, 1.165) is 0 Å². The molecular formula is C20H15FN4O3. The van der Waals surface area contributed by atoms with Crippen LogP contribution < -0.4 is 15.5 Å². The van der Waals surface area contributed by atoms with Crippen LogP contribution in [0.1, 0.15) is 21.7 Å². The van der Waals surface area contributed by atoms with Gasteiger partial charge < -0.3 is 10.1 Å². The average Bonchev–Trinajstić information content (AvgIpc) is 2.68. The van der Waals surface area contributed by atoms with Crippen molar-refractivity contribution in [2.75, 3.05) is 12.4 Å². The van der Waals surface area contributed by atoms with Gasteiger partial charge in [-0.1, -0.05) is 12.1 Å². The standard InChI is InChI=1S/C20H15FN4O3/c1-12-9-17(26)19(24-25(12)16-6-4-3-5-14(16)21)20(27)23-15-10-13(11-22)7-8-18(15)28-2/h3-10H,1-2H3,(H,23,27). The summed E-state index contributed by atoms with van der Waals surface area (Å²) in [5.41, 5.74) is -0.0347. The Labute approximate surface area is 159 Å². The first-order valence-corrected chi connectivity index (χ1v) is 8.20. The molecule has 1 amide bonds. The monoisotopic (exact) mass is 378 g/mol. The lowest BCUT2D eigenvalue weighted by Crippen LogP contribution is -2.27. The molecule has 1 heterocycles. The van der Waals surface area contributed by atoms with Crippen molar-refractivity contribution in [1.82, 2.24) is 9.78 Å². The van der Waals surface area contributed by atoms with Crippen LogP contribution in [-0.2, 0) is 0 Å². The van der Waals surface area contributed by atoms with Gasteiger partial charge in [-0.2, -0.15) is 10.4 Å². The van der Waals surface area contributed by atoms with Crippen LogP contribution in [0.5, 0.6) is 5.75 Å². The number of halogens is 1. The van der Waals surface area contributed by atoms with Crippen LogP contribution in [0.25, 0.3) is 5.69 Å². The van der Waals surface area contributed by atoms with Crippen molar-refractivity contribution in [3.8, 4) is 17.5 Å². The Bertz CT molecular complexity index is 1160. The summed E-state index contributed by atoms with van der Waals surface area (Å²) in [6.45, 7) is 1.59. The third-order valence-electron chi connectivity index (χ3n) is 3.98. The Kier molecular flexibility index (Phi) is 5.18. The Morgan fingerprint density at radius 3 is 2.68 bits per heavy atom. The number of hydrogen-bond donors (Lipinski definition) is 1. The smallest absolute Gasteiger partial charge is 0.280 e. The van der Waals surface area contributed by atoms with Gasteiger partial charge in [0.05, 0.1) is 24.4 Å². The highest BCUT2D eigenvalue weighted by molar-refractivity contribution is 6.03. The fraction of sp³-hybridized carbons (Fsp3) is 0.100. The highest BCUT2D eigenvalue weighted by Crippen LogP contribution is 2.25. The van der Waals surface area contributed by atoms with E-state index in [9.17, 15) is 14.0 Å². The minimum atomic E-state index is -0.802. The van der Waals surface area contributed by atoms with Crippen molar-refractivity contribution in [3.05, 3.63) is 81.5 Å². The van der Waals surface area contributed by atoms with Crippen molar-refractivity contribution in [1.29, 1.82) is 5.26 Å². The quantitative estimate of drug-likeness (QED) is 0.753. The molecule has 0 aliphatic heterocycles. The maximum absolute atomic E-state index is 14.1. The van der Waals surface area contributed by atoms with Crippen LogP contribution in [0.4, 0.5) is 10.1 Å². The van der Waals surface area contributed by atoms with E-state index in [-0.39, 0.29) is 11.4 Å². The van der Waals surface area contributed by atoms with E-state index >= 15 is 0 Å². The predicted molar refractivity (Wildman–Crippen MR) is 100 cm³/mol. The summed E-state index contributed by atoms with van der Waals surface area (Å²) in [6, 6.07) is 13.5. The summed E-state index contributed by atoms with van der Waals surface area (Å²) >= 11 is 0. The molecule has 0 spiro atoms. The molecule has 8 heteroatoms. The lowest BCUT2D eigenvalue weighted by molar-refractivity contribution is 0.101. The summed E-state index contributed by atoms with van der Waals surface area (Å²) in [5.74, 6) is -1.03. The molecule has 0 aliphatic carbocycles. The van der Waals surface area contributed by atoms with E-state index in [1.807, 2.05) is 6.07 Å². The summed E-state index contributed by atoms with van der Waals surface area (Å²) in [4.78, 5) is 25.0. The fourth-order valence-electron chi connectivity index (χ4n) is 2.63. The molecule has 1 aromatic heterocycles. The number of carbonyl (C=O) groups is 1. The topological polar surface area (TPSA) is 97.0 Å². The van der Waals surface area contributed by atoms with Gasteiger partial charge in [0.1, 0.15) is 17.3 Å². The van der Waals surface area contributed by atoms with Gasteiger partial charge in [-0.3, -0.25) is 9.59 Å². The summed E-state index contributed by atoms with van der Waals surface area (Å²) in [7, 11) is 1.41. The zero-order chi connectivity index (χ0) is 20.3. The summed E-state index contributed by atoms with van der Waals surface area (Å²) < 4.78 is 20.5. The van der Waals surface area contributed by atoms with E-state index in [2.05, 4.69) is 10.4 Å². The van der Waals surface area contributed by atoms with Crippen LogP contribution in [0.15, 0.2) is 53.3 Å². The lowest BCUT2D eigenvalue weighted by atomic mass is 10.2.